The van der Waals surface area contributed by atoms with Crippen LogP contribution in [0.25, 0.3) is 21.0 Å². The van der Waals surface area contributed by atoms with Crippen molar-refractivity contribution in [3.8, 4) is 32.8 Å². The van der Waals surface area contributed by atoms with E-state index in [1.54, 1.807) is 11.3 Å². The van der Waals surface area contributed by atoms with Crippen LogP contribution in [0.2, 0.25) is 0 Å². The Balaban J connectivity index is 1.37. The molecule has 7 nitrogen and oxygen atoms in total. The number of hydrogen-bond acceptors (Lipinski definition) is 6. The van der Waals surface area contributed by atoms with Gasteiger partial charge in [0.2, 0.25) is 0 Å². The van der Waals surface area contributed by atoms with Crippen molar-refractivity contribution < 1.29 is 9.53 Å². The van der Waals surface area contributed by atoms with Crippen LogP contribution in [0.3, 0.4) is 0 Å². The Morgan fingerprint density at radius 2 is 2.17 bits per heavy atom. The van der Waals surface area contributed by atoms with Gasteiger partial charge < -0.3 is 20.7 Å². The number of nitrogens with one attached hydrogen (secondary N) is 1. The highest BCUT2D eigenvalue weighted by Gasteiger charge is 2.30. The van der Waals surface area contributed by atoms with Gasteiger partial charge in [0.05, 0.1) is 22.6 Å². The van der Waals surface area contributed by atoms with Crippen molar-refractivity contribution >= 4 is 17.4 Å². The molecule has 0 spiro atoms. The molecule has 2 atom stereocenters. The van der Waals surface area contributed by atoms with Crippen LogP contribution in [-0.4, -0.2) is 41.2 Å². The number of urea groups is 1. The molecule has 0 saturated carbocycles. The van der Waals surface area contributed by atoms with Crippen LogP contribution in [0.5, 0.6) is 5.75 Å². The maximum Gasteiger partial charge on any atom is 0.317 e. The molecule has 0 bridgehead atoms. The number of carbonyl (C=O) groups excluding carboxylic acids is 1. The minimum Gasteiger partial charge on any atom is -0.490 e. The van der Waals surface area contributed by atoms with E-state index in [1.165, 1.54) is 11.1 Å². The minimum absolute atomic E-state index is 0.00105. The predicted molar refractivity (Wildman–Crippen MR) is 137 cm³/mol. The second-order valence-corrected chi connectivity index (χ2v) is 10.5. The monoisotopic (exact) mass is 487 g/mol. The van der Waals surface area contributed by atoms with Crippen molar-refractivity contribution in [1.82, 2.24) is 15.2 Å². The number of amides is 2. The van der Waals surface area contributed by atoms with Crippen molar-refractivity contribution in [2.45, 2.75) is 51.3 Å². The molecule has 180 valence electrons. The molecule has 0 radical (unpaired) electrons. The molecular weight excluding hydrogens is 458 g/mol. The summed E-state index contributed by atoms with van der Waals surface area (Å²) in [6.45, 7) is 5.22. The highest BCUT2D eigenvalue weighted by atomic mass is 32.1. The Labute approximate surface area is 209 Å². The zero-order chi connectivity index (χ0) is 24.5. The number of carbonyl (C=O) groups is 1. The number of nitrogens with two attached hydrogens (primary N) is 1. The van der Waals surface area contributed by atoms with Gasteiger partial charge >= 0.3 is 6.03 Å². The van der Waals surface area contributed by atoms with Crippen molar-refractivity contribution in [3.05, 3.63) is 59.3 Å². The van der Waals surface area contributed by atoms with Crippen LogP contribution in [-0.2, 0) is 6.42 Å². The number of thiazole rings is 1. The lowest BCUT2D eigenvalue weighted by atomic mass is 10.0. The third-order valence-electron chi connectivity index (χ3n) is 6.56. The molecule has 3 aromatic rings. The van der Waals surface area contributed by atoms with Crippen LogP contribution < -0.4 is 15.8 Å². The second kappa shape index (κ2) is 9.68. The number of fused-ring (bicyclic) bond motifs is 1. The van der Waals surface area contributed by atoms with E-state index in [4.69, 9.17) is 10.5 Å². The first kappa shape index (κ1) is 23.3. The van der Waals surface area contributed by atoms with Crippen LogP contribution in [0.4, 0.5) is 4.79 Å². The number of nitriles is 1. The number of aromatic nitrogens is 1. The van der Waals surface area contributed by atoms with Gasteiger partial charge in [-0.25, -0.2) is 9.78 Å². The van der Waals surface area contributed by atoms with Gasteiger partial charge in [-0.1, -0.05) is 18.2 Å². The summed E-state index contributed by atoms with van der Waals surface area (Å²) in [5.41, 5.74) is 11.0. The maximum absolute atomic E-state index is 12.7. The number of benzene rings is 2. The first-order valence-corrected chi connectivity index (χ1v) is 12.8. The number of rotatable bonds is 5. The summed E-state index contributed by atoms with van der Waals surface area (Å²) in [5.74, 6) is 0.591. The minimum atomic E-state index is -0.0283. The zero-order valence-corrected chi connectivity index (χ0v) is 20.8. The molecule has 2 heterocycles. The van der Waals surface area contributed by atoms with Gasteiger partial charge in [0.1, 0.15) is 16.8 Å². The van der Waals surface area contributed by atoms with Gasteiger partial charge in [-0.15, -0.1) is 11.3 Å². The summed E-state index contributed by atoms with van der Waals surface area (Å²) in [7, 11) is 0. The number of likely N-dealkylation sites (tertiary alicyclic amines) is 1. The van der Waals surface area contributed by atoms with E-state index in [1.807, 2.05) is 43.1 Å². The molecule has 3 N–H and O–H groups in total. The molecule has 8 heteroatoms. The van der Waals surface area contributed by atoms with Gasteiger partial charge in [0.15, 0.2) is 0 Å². The molecule has 1 aliphatic carbocycles. The van der Waals surface area contributed by atoms with E-state index < -0.39 is 0 Å². The molecule has 2 aliphatic rings. The molecule has 0 unspecified atom stereocenters. The van der Waals surface area contributed by atoms with Gasteiger partial charge in [-0.3, -0.25) is 0 Å². The summed E-state index contributed by atoms with van der Waals surface area (Å²) in [6.07, 6.45) is 4.55. The van der Waals surface area contributed by atoms with E-state index in [9.17, 15) is 10.1 Å². The highest BCUT2D eigenvalue weighted by Crippen LogP contribution is 2.41. The van der Waals surface area contributed by atoms with Crippen molar-refractivity contribution in [2.75, 3.05) is 13.1 Å². The van der Waals surface area contributed by atoms with E-state index in [-0.39, 0.29) is 24.2 Å². The lowest BCUT2D eigenvalue weighted by Crippen LogP contribution is -2.41. The first-order chi connectivity index (χ1) is 16.9. The fraction of sp³-hybridized carbons (Fsp3) is 0.370. The fourth-order valence-corrected chi connectivity index (χ4v) is 5.85. The molecule has 1 saturated heterocycles. The summed E-state index contributed by atoms with van der Waals surface area (Å²) in [5, 5.41) is 13.7. The molecule has 5 rings (SSSR count). The summed E-state index contributed by atoms with van der Waals surface area (Å²) < 4.78 is 5.75. The van der Waals surface area contributed by atoms with Crippen molar-refractivity contribution in [1.29, 1.82) is 5.26 Å². The van der Waals surface area contributed by atoms with Crippen LogP contribution in [0.15, 0.2) is 42.6 Å². The molecule has 1 aliphatic heterocycles. The third-order valence-corrected chi connectivity index (χ3v) is 7.64. The molecular formula is C27H29N5O2S. The van der Waals surface area contributed by atoms with Crippen LogP contribution in [0.1, 0.15) is 49.4 Å². The van der Waals surface area contributed by atoms with E-state index in [0.717, 1.165) is 40.3 Å². The molecule has 2 amide bonds. The Bertz CT molecular complexity index is 1290. The largest absolute Gasteiger partial charge is 0.490 e. The van der Waals surface area contributed by atoms with Crippen LogP contribution >= 0.6 is 11.3 Å². The topological polar surface area (TPSA) is 104 Å². The SMILES string of the molecule is CC(C)Oc1ccc(-c2ncc(-c3cccc4c3CC[C@H]4NC(=O)N3CC[C@H](N)C3)s2)cc1C#N. The van der Waals surface area contributed by atoms with Crippen molar-refractivity contribution in [3.63, 3.8) is 0 Å². The average Bonchev–Trinajstić information content (AvgIpc) is 3.59. The molecule has 1 aromatic heterocycles. The van der Waals surface area contributed by atoms with Crippen molar-refractivity contribution in [2.24, 2.45) is 5.73 Å². The lowest BCUT2D eigenvalue weighted by Gasteiger charge is -2.21. The second-order valence-electron chi connectivity index (χ2n) is 9.43. The van der Waals surface area contributed by atoms with Gasteiger partial charge in [-0.2, -0.15) is 5.26 Å². The predicted octanol–water partition coefficient (Wildman–Crippen LogP) is 4.87. The van der Waals surface area contributed by atoms with E-state index in [0.29, 0.717) is 24.4 Å². The summed E-state index contributed by atoms with van der Waals surface area (Å²) in [4.78, 5) is 20.3. The Morgan fingerprint density at radius 1 is 1.31 bits per heavy atom. The Morgan fingerprint density at radius 3 is 2.91 bits per heavy atom. The fourth-order valence-electron chi connectivity index (χ4n) is 4.89. The molecule has 35 heavy (non-hydrogen) atoms. The van der Waals surface area contributed by atoms with Gasteiger partial charge in [0.25, 0.3) is 0 Å². The van der Waals surface area contributed by atoms with E-state index in [2.05, 4.69) is 34.6 Å². The maximum atomic E-state index is 12.7. The van der Waals surface area contributed by atoms with Crippen LogP contribution in [0, 0.1) is 11.3 Å². The normalized spacial score (nSPS) is 19.0. The number of nitrogens with zero attached hydrogens (tertiary/aromatic N) is 3. The third kappa shape index (κ3) is 4.75. The standard InChI is InChI=1S/C27H29N5O2S/c1-16(2)34-24-9-6-17(12-18(24)13-28)26-30-14-25(35-26)22-5-3-4-21-20(22)7-8-23(21)31-27(33)32-11-10-19(29)15-32/h3-6,9,12,14,16,19,23H,7-8,10-11,15,29H2,1-2H3,(H,31,33)/t19-,23+/m0/s1. The number of hydrogen-bond donors (Lipinski definition) is 2. The lowest BCUT2D eigenvalue weighted by molar-refractivity contribution is 0.204. The highest BCUT2D eigenvalue weighted by molar-refractivity contribution is 7.18. The molecule has 2 aromatic carbocycles. The first-order valence-electron chi connectivity index (χ1n) is 12.0. The Hall–Kier alpha value is -3.41. The zero-order valence-electron chi connectivity index (χ0n) is 20.0. The Kier molecular flexibility index (Phi) is 6.46. The van der Waals surface area contributed by atoms with Gasteiger partial charge in [-0.05, 0) is 68.0 Å². The average molecular weight is 488 g/mol. The van der Waals surface area contributed by atoms with E-state index >= 15 is 0 Å². The number of ether oxygens (including phenoxy) is 1. The summed E-state index contributed by atoms with van der Waals surface area (Å²) in [6, 6.07) is 14.2. The smallest absolute Gasteiger partial charge is 0.317 e. The molecule has 1 fully saturated rings. The quantitative estimate of drug-likeness (QED) is 0.534. The summed E-state index contributed by atoms with van der Waals surface area (Å²) >= 11 is 1.61. The van der Waals surface area contributed by atoms with Gasteiger partial charge in [0, 0.05) is 30.9 Å².